The molecule has 0 unspecified atom stereocenters. The molecule has 26 heavy (non-hydrogen) atoms. The summed E-state index contributed by atoms with van der Waals surface area (Å²) in [6.45, 7) is 2.68. The van der Waals surface area contributed by atoms with Crippen LogP contribution in [0.25, 0.3) is 10.2 Å². The van der Waals surface area contributed by atoms with Crippen molar-refractivity contribution in [1.29, 1.82) is 0 Å². The minimum Gasteiger partial charge on any atom is -0.352 e. The van der Waals surface area contributed by atoms with Gasteiger partial charge in [-0.25, -0.2) is 4.98 Å². The Morgan fingerprint density at radius 2 is 1.85 bits per heavy atom. The highest BCUT2D eigenvalue weighted by molar-refractivity contribution is 7.18. The first-order chi connectivity index (χ1) is 12.6. The van der Waals surface area contributed by atoms with Crippen LogP contribution in [-0.2, 0) is 17.8 Å². The molecule has 0 bridgehead atoms. The number of benzene rings is 2. The van der Waals surface area contributed by atoms with Crippen molar-refractivity contribution in [2.75, 3.05) is 0 Å². The molecule has 1 N–H and O–H groups in total. The SMILES string of the molecule is Cc1ccc(CNC(=O)C2(Cc3nc4ccccc4s3)CCCC2)cc1. The third-order valence-electron chi connectivity index (χ3n) is 5.44. The Labute approximate surface area is 158 Å². The van der Waals surface area contributed by atoms with Crippen LogP contribution in [0.1, 0.15) is 41.8 Å². The highest BCUT2D eigenvalue weighted by atomic mass is 32.1. The highest BCUT2D eigenvalue weighted by Gasteiger charge is 2.41. The maximum atomic E-state index is 13.1. The lowest BCUT2D eigenvalue weighted by atomic mass is 9.82. The fraction of sp³-hybridized carbons (Fsp3) is 0.364. The van der Waals surface area contributed by atoms with E-state index >= 15 is 0 Å². The van der Waals surface area contributed by atoms with Crippen molar-refractivity contribution in [3.05, 3.63) is 64.7 Å². The molecule has 0 atom stereocenters. The van der Waals surface area contributed by atoms with E-state index in [2.05, 4.69) is 42.6 Å². The highest BCUT2D eigenvalue weighted by Crippen LogP contribution is 2.42. The van der Waals surface area contributed by atoms with E-state index < -0.39 is 0 Å². The number of amides is 1. The van der Waals surface area contributed by atoms with E-state index in [0.717, 1.165) is 48.2 Å². The summed E-state index contributed by atoms with van der Waals surface area (Å²) >= 11 is 1.73. The van der Waals surface area contributed by atoms with Gasteiger partial charge in [-0.15, -0.1) is 11.3 Å². The van der Waals surface area contributed by atoms with Gasteiger partial charge in [0.05, 0.1) is 20.6 Å². The Morgan fingerprint density at radius 1 is 1.12 bits per heavy atom. The molecule has 1 saturated carbocycles. The van der Waals surface area contributed by atoms with Crippen LogP contribution in [0, 0.1) is 12.3 Å². The van der Waals surface area contributed by atoms with E-state index in [1.54, 1.807) is 11.3 Å². The first-order valence-electron chi connectivity index (χ1n) is 9.33. The van der Waals surface area contributed by atoms with E-state index in [0.29, 0.717) is 6.54 Å². The van der Waals surface area contributed by atoms with Crippen molar-refractivity contribution in [3.63, 3.8) is 0 Å². The monoisotopic (exact) mass is 364 g/mol. The maximum absolute atomic E-state index is 13.1. The summed E-state index contributed by atoms with van der Waals surface area (Å²) in [7, 11) is 0. The number of aromatic nitrogens is 1. The van der Waals surface area contributed by atoms with Crippen LogP contribution < -0.4 is 5.32 Å². The molecule has 4 rings (SSSR count). The van der Waals surface area contributed by atoms with Crippen LogP contribution in [0.4, 0.5) is 0 Å². The average Bonchev–Trinajstić information content (AvgIpc) is 3.28. The third kappa shape index (κ3) is 3.51. The van der Waals surface area contributed by atoms with Crippen LogP contribution in [-0.4, -0.2) is 10.9 Å². The molecular formula is C22H24N2OS. The van der Waals surface area contributed by atoms with Crippen LogP contribution in [0.5, 0.6) is 0 Å². The molecule has 0 spiro atoms. The molecule has 3 nitrogen and oxygen atoms in total. The van der Waals surface area contributed by atoms with Gasteiger partial charge in [-0.2, -0.15) is 0 Å². The third-order valence-corrected chi connectivity index (χ3v) is 6.48. The Kier molecular flexibility index (Phi) is 4.77. The fourth-order valence-electron chi connectivity index (χ4n) is 3.90. The van der Waals surface area contributed by atoms with E-state index in [-0.39, 0.29) is 11.3 Å². The topological polar surface area (TPSA) is 42.0 Å². The van der Waals surface area contributed by atoms with E-state index in [9.17, 15) is 4.79 Å². The predicted octanol–water partition coefficient (Wildman–Crippen LogP) is 5.02. The summed E-state index contributed by atoms with van der Waals surface area (Å²) in [5.74, 6) is 0.190. The molecule has 4 heteroatoms. The van der Waals surface area contributed by atoms with E-state index in [4.69, 9.17) is 4.98 Å². The molecular weight excluding hydrogens is 340 g/mol. The summed E-state index contributed by atoms with van der Waals surface area (Å²) in [5, 5.41) is 4.28. The van der Waals surface area contributed by atoms with Gasteiger partial charge < -0.3 is 5.32 Å². The lowest BCUT2D eigenvalue weighted by Gasteiger charge is -2.26. The van der Waals surface area contributed by atoms with Crippen molar-refractivity contribution in [3.8, 4) is 0 Å². The predicted molar refractivity (Wildman–Crippen MR) is 107 cm³/mol. The molecule has 3 aromatic rings. The number of carbonyl (C=O) groups is 1. The Bertz CT molecular complexity index is 874. The van der Waals surface area contributed by atoms with Crippen molar-refractivity contribution in [2.24, 2.45) is 5.41 Å². The summed E-state index contributed by atoms with van der Waals surface area (Å²) in [6.07, 6.45) is 4.93. The first kappa shape index (κ1) is 17.2. The lowest BCUT2D eigenvalue weighted by molar-refractivity contribution is -0.131. The molecule has 2 aromatic carbocycles. The number of aryl methyl sites for hydroxylation is 1. The number of thiazole rings is 1. The Morgan fingerprint density at radius 3 is 2.58 bits per heavy atom. The first-order valence-corrected chi connectivity index (χ1v) is 10.1. The molecule has 1 aliphatic rings. The number of hydrogen-bond acceptors (Lipinski definition) is 3. The second-order valence-electron chi connectivity index (χ2n) is 7.41. The normalized spacial score (nSPS) is 16.0. The number of carbonyl (C=O) groups excluding carboxylic acids is 1. The number of fused-ring (bicyclic) bond motifs is 1. The van der Waals surface area contributed by atoms with Crippen molar-refractivity contribution in [2.45, 2.75) is 45.6 Å². The van der Waals surface area contributed by atoms with Crippen LogP contribution >= 0.6 is 11.3 Å². The number of para-hydroxylation sites is 1. The van der Waals surface area contributed by atoms with Crippen molar-refractivity contribution in [1.82, 2.24) is 10.3 Å². The van der Waals surface area contributed by atoms with Gasteiger partial charge in [-0.1, -0.05) is 54.8 Å². The van der Waals surface area contributed by atoms with E-state index in [1.807, 2.05) is 18.2 Å². The number of hydrogen-bond donors (Lipinski definition) is 1. The van der Waals surface area contributed by atoms with Gasteiger partial charge in [0.25, 0.3) is 0 Å². The van der Waals surface area contributed by atoms with Gasteiger partial charge in [0.2, 0.25) is 5.91 Å². The Balaban J connectivity index is 1.49. The van der Waals surface area contributed by atoms with Crippen LogP contribution in [0.2, 0.25) is 0 Å². The minimum absolute atomic E-state index is 0.190. The minimum atomic E-state index is -0.293. The molecule has 0 radical (unpaired) electrons. The molecule has 1 heterocycles. The van der Waals surface area contributed by atoms with E-state index in [1.165, 1.54) is 10.3 Å². The van der Waals surface area contributed by atoms with Gasteiger partial charge in [0.15, 0.2) is 0 Å². The molecule has 1 fully saturated rings. The molecule has 1 aliphatic carbocycles. The smallest absolute Gasteiger partial charge is 0.226 e. The molecule has 0 saturated heterocycles. The molecule has 134 valence electrons. The van der Waals surface area contributed by atoms with Crippen LogP contribution in [0.15, 0.2) is 48.5 Å². The largest absolute Gasteiger partial charge is 0.352 e. The van der Waals surface area contributed by atoms with Crippen LogP contribution in [0.3, 0.4) is 0 Å². The van der Waals surface area contributed by atoms with Gasteiger partial charge in [-0.3, -0.25) is 4.79 Å². The number of rotatable bonds is 5. The lowest BCUT2D eigenvalue weighted by Crippen LogP contribution is -2.40. The number of nitrogens with one attached hydrogen (secondary N) is 1. The number of nitrogens with zero attached hydrogens (tertiary/aromatic N) is 1. The van der Waals surface area contributed by atoms with Crippen molar-refractivity contribution >= 4 is 27.5 Å². The van der Waals surface area contributed by atoms with Gasteiger partial charge >= 0.3 is 0 Å². The quantitative estimate of drug-likeness (QED) is 0.690. The maximum Gasteiger partial charge on any atom is 0.226 e. The van der Waals surface area contributed by atoms with Gasteiger partial charge in [0, 0.05) is 13.0 Å². The summed E-state index contributed by atoms with van der Waals surface area (Å²) < 4.78 is 1.20. The zero-order chi connectivity index (χ0) is 18.0. The van der Waals surface area contributed by atoms with Gasteiger partial charge in [-0.05, 0) is 37.5 Å². The fourth-order valence-corrected chi connectivity index (χ4v) is 5.01. The zero-order valence-electron chi connectivity index (χ0n) is 15.1. The average molecular weight is 365 g/mol. The standard InChI is InChI=1S/C22H24N2OS/c1-16-8-10-17(11-9-16)15-23-21(25)22(12-4-5-13-22)14-20-24-18-6-2-3-7-19(18)26-20/h2-3,6-11H,4-5,12-15H2,1H3,(H,23,25). The van der Waals surface area contributed by atoms with Crippen molar-refractivity contribution < 1.29 is 4.79 Å². The second kappa shape index (κ2) is 7.20. The molecule has 0 aliphatic heterocycles. The van der Waals surface area contributed by atoms with Gasteiger partial charge in [0.1, 0.15) is 0 Å². The molecule has 1 amide bonds. The molecule has 1 aromatic heterocycles. The second-order valence-corrected chi connectivity index (χ2v) is 8.52. The zero-order valence-corrected chi connectivity index (χ0v) is 15.9. The summed E-state index contributed by atoms with van der Waals surface area (Å²) in [5.41, 5.74) is 3.14. The summed E-state index contributed by atoms with van der Waals surface area (Å²) in [4.78, 5) is 17.9. The Hall–Kier alpha value is -2.20. The summed E-state index contributed by atoms with van der Waals surface area (Å²) in [6, 6.07) is 16.6.